The molecule has 2 heteroatoms. The van der Waals surface area contributed by atoms with Crippen molar-refractivity contribution in [3.8, 4) is 0 Å². The average molecular weight is 242 g/mol. The molecule has 96 valence electrons. The standard InChI is InChI=1S/C16H22N2/c17-10-4-1-5-11-18-13-14-8-9-15-6-2-3-7-16(15)12-14/h2-3,6-9,12,18H,1,4-5,10-11,13,17H2. The highest BCUT2D eigenvalue weighted by Crippen LogP contribution is 2.15. The molecule has 18 heavy (non-hydrogen) atoms. The molecule has 0 saturated heterocycles. The first-order valence-electron chi connectivity index (χ1n) is 6.78. The first kappa shape index (κ1) is 13.1. The maximum Gasteiger partial charge on any atom is 0.0205 e. The van der Waals surface area contributed by atoms with E-state index in [2.05, 4.69) is 47.8 Å². The molecule has 0 unspecified atom stereocenters. The van der Waals surface area contributed by atoms with Crippen LogP contribution in [-0.2, 0) is 6.54 Å². The Labute approximate surface area is 109 Å². The van der Waals surface area contributed by atoms with Crippen LogP contribution < -0.4 is 11.1 Å². The molecule has 0 aliphatic heterocycles. The molecule has 0 amide bonds. The Bertz CT molecular complexity index is 479. The summed E-state index contributed by atoms with van der Waals surface area (Å²) >= 11 is 0. The van der Waals surface area contributed by atoms with Crippen LogP contribution >= 0.6 is 0 Å². The summed E-state index contributed by atoms with van der Waals surface area (Å²) in [5.41, 5.74) is 6.82. The zero-order valence-electron chi connectivity index (χ0n) is 10.9. The van der Waals surface area contributed by atoms with Gasteiger partial charge in [0.2, 0.25) is 0 Å². The van der Waals surface area contributed by atoms with Crippen molar-refractivity contribution in [2.45, 2.75) is 25.8 Å². The Balaban J connectivity index is 1.81. The van der Waals surface area contributed by atoms with E-state index >= 15 is 0 Å². The minimum Gasteiger partial charge on any atom is -0.330 e. The molecule has 0 radical (unpaired) electrons. The van der Waals surface area contributed by atoms with E-state index in [1.807, 2.05) is 0 Å². The minimum atomic E-state index is 0.810. The summed E-state index contributed by atoms with van der Waals surface area (Å²) in [6.07, 6.45) is 3.57. The van der Waals surface area contributed by atoms with Crippen LogP contribution in [-0.4, -0.2) is 13.1 Å². The largest absolute Gasteiger partial charge is 0.330 e. The van der Waals surface area contributed by atoms with Crippen LogP contribution in [0, 0.1) is 0 Å². The minimum absolute atomic E-state index is 0.810. The fourth-order valence-corrected chi connectivity index (χ4v) is 2.15. The summed E-state index contributed by atoms with van der Waals surface area (Å²) in [5, 5.41) is 6.11. The highest BCUT2D eigenvalue weighted by Gasteiger charge is 1.96. The van der Waals surface area contributed by atoms with Crippen LogP contribution in [0.2, 0.25) is 0 Å². The van der Waals surface area contributed by atoms with E-state index in [4.69, 9.17) is 5.73 Å². The Morgan fingerprint density at radius 3 is 2.56 bits per heavy atom. The monoisotopic (exact) mass is 242 g/mol. The number of rotatable bonds is 7. The second-order valence-corrected chi connectivity index (χ2v) is 4.71. The fraction of sp³-hybridized carbons (Fsp3) is 0.375. The predicted molar refractivity (Wildman–Crippen MR) is 78.6 cm³/mol. The van der Waals surface area contributed by atoms with Crippen molar-refractivity contribution >= 4 is 10.8 Å². The average Bonchev–Trinajstić information content (AvgIpc) is 2.42. The molecule has 0 bridgehead atoms. The molecule has 0 fully saturated rings. The number of unbranched alkanes of at least 4 members (excludes halogenated alkanes) is 2. The van der Waals surface area contributed by atoms with E-state index in [1.165, 1.54) is 29.2 Å². The summed E-state index contributed by atoms with van der Waals surface area (Å²) < 4.78 is 0. The van der Waals surface area contributed by atoms with Crippen molar-refractivity contribution < 1.29 is 0 Å². The third kappa shape index (κ3) is 3.83. The maximum absolute atomic E-state index is 5.47. The molecular weight excluding hydrogens is 220 g/mol. The number of benzene rings is 2. The third-order valence-electron chi connectivity index (χ3n) is 3.20. The Hall–Kier alpha value is -1.38. The van der Waals surface area contributed by atoms with Crippen LogP contribution in [0.5, 0.6) is 0 Å². The second kappa shape index (κ2) is 7.14. The van der Waals surface area contributed by atoms with Crippen molar-refractivity contribution in [3.05, 3.63) is 48.0 Å². The topological polar surface area (TPSA) is 38.0 Å². The predicted octanol–water partition coefficient (Wildman–Crippen LogP) is 3.06. The van der Waals surface area contributed by atoms with E-state index < -0.39 is 0 Å². The van der Waals surface area contributed by atoms with Crippen molar-refractivity contribution in [3.63, 3.8) is 0 Å². The van der Waals surface area contributed by atoms with Gasteiger partial charge in [-0.3, -0.25) is 0 Å². The van der Waals surface area contributed by atoms with Crippen molar-refractivity contribution in [1.82, 2.24) is 5.32 Å². The van der Waals surface area contributed by atoms with Gasteiger partial charge in [-0.1, -0.05) is 42.8 Å². The number of fused-ring (bicyclic) bond motifs is 1. The third-order valence-corrected chi connectivity index (χ3v) is 3.20. The molecule has 2 aromatic carbocycles. The van der Waals surface area contributed by atoms with Gasteiger partial charge in [0.05, 0.1) is 0 Å². The maximum atomic E-state index is 5.47. The first-order valence-corrected chi connectivity index (χ1v) is 6.78. The van der Waals surface area contributed by atoms with Gasteiger partial charge in [0, 0.05) is 6.54 Å². The normalized spacial score (nSPS) is 10.9. The lowest BCUT2D eigenvalue weighted by atomic mass is 10.1. The number of nitrogens with two attached hydrogens (primary N) is 1. The fourth-order valence-electron chi connectivity index (χ4n) is 2.15. The van der Waals surface area contributed by atoms with E-state index in [0.29, 0.717) is 0 Å². The van der Waals surface area contributed by atoms with Gasteiger partial charge in [-0.05, 0) is 48.3 Å². The van der Waals surface area contributed by atoms with Crippen molar-refractivity contribution in [2.24, 2.45) is 5.73 Å². The van der Waals surface area contributed by atoms with E-state index in [1.54, 1.807) is 0 Å². The van der Waals surface area contributed by atoms with Gasteiger partial charge in [-0.25, -0.2) is 0 Å². The quantitative estimate of drug-likeness (QED) is 0.732. The smallest absolute Gasteiger partial charge is 0.0205 e. The van der Waals surface area contributed by atoms with Gasteiger partial charge in [-0.2, -0.15) is 0 Å². The van der Waals surface area contributed by atoms with Gasteiger partial charge in [0.25, 0.3) is 0 Å². The molecule has 0 aromatic heterocycles. The van der Waals surface area contributed by atoms with Crippen molar-refractivity contribution in [2.75, 3.05) is 13.1 Å². The Morgan fingerprint density at radius 2 is 1.72 bits per heavy atom. The van der Waals surface area contributed by atoms with Crippen molar-refractivity contribution in [1.29, 1.82) is 0 Å². The zero-order chi connectivity index (χ0) is 12.6. The van der Waals surface area contributed by atoms with Crippen LogP contribution in [0.25, 0.3) is 10.8 Å². The summed E-state index contributed by atoms with van der Waals surface area (Å²) in [4.78, 5) is 0. The molecule has 0 spiro atoms. The molecule has 0 saturated carbocycles. The second-order valence-electron chi connectivity index (χ2n) is 4.71. The molecule has 2 rings (SSSR count). The lowest BCUT2D eigenvalue weighted by Gasteiger charge is -2.06. The summed E-state index contributed by atoms with van der Waals surface area (Å²) in [5.74, 6) is 0. The summed E-state index contributed by atoms with van der Waals surface area (Å²) in [6.45, 7) is 2.84. The van der Waals surface area contributed by atoms with E-state index in [0.717, 1.165) is 26.1 Å². The zero-order valence-corrected chi connectivity index (χ0v) is 10.9. The molecule has 2 aromatic rings. The van der Waals surface area contributed by atoms with Crippen LogP contribution in [0.1, 0.15) is 24.8 Å². The number of hydrogen-bond acceptors (Lipinski definition) is 2. The van der Waals surface area contributed by atoms with Crippen LogP contribution in [0.15, 0.2) is 42.5 Å². The molecule has 0 aliphatic carbocycles. The van der Waals surface area contributed by atoms with Crippen LogP contribution in [0.3, 0.4) is 0 Å². The molecule has 3 N–H and O–H groups in total. The molecule has 0 heterocycles. The molecule has 2 nitrogen and oxygen atoms in total. The van der Waals surface area contributed by atoms with Gasteiger partial charge < -0.3 is 11.1 Å². The van der Waals surface area contributed by atoms with Crippen LogP contribution in [0.4, 0.5) is 0 Å². The molecular formula is C16H22N2. The number of nitrogens with one attached hydrogen (secondary N) is 1. The van der Waals surface area contributed by atoms with Gasteiger partial charge >= 0.3 is 0 Å². The lowest BCUT2D eigenvalue weighted by molar-refractivity contribution is 0.607. The molecule has 0 atom stereocenters. The Morgan fingerprint density at radius 1 is 0.889 bits per heavy atom. The molecule has 0 aliphatic rings. The SMILES string of the molecule is NCCCCCNCc1ccc2ccccc2c1. The highest BCUT2D eigenvalue weighted by molar-refractivity contribution is 5.82. The van der Waals surface area contributed by atoms with Gasteiger partial charge in [0.15, 0.2) is 0 Å². The highest BCUT2D eigenvalue weighted by atomic mass is 14.8. The summed E-state index contributed by atoms with van der Waals surface area (Å²) in [7, 11) is 0. The van der Waals surface area contributed by atoms with Gasteiger partial charge in [-0.15, -0.1) is 0 Å². The van der Waals surface area contributed by atoms with E-state index in [-0.39, 0.29) is 0 Å². The van der Waals surface area contributed by atoms with E-state index in [9.17, 15) is 0 Å². The number of hydrogen-bond donors (Lipinski definition) is 2. The first-order chi connectivity index (χ1) is 8.90. The lowest BCUT2D eigenvalue weighted by Crippen LogP contribution is -2.14. The summed E-state index contributed by atoms with van der Waals surface area (Å²) in [6, 6.07) is 15.2. The Kier molecular flexibility index (Phi) is 5.18. The van der Waals surface area contributed by atoms with Gasteiger partial charge in [0.1, 0.15) is 0 Å².